The van der Waals surface area contributed by atoms with Gasteiger partial charge in [-0.3, -0.25) is 9.59 Å². The van der Waals surface area contributed by atoms with Gasteiger partial charge in [-0.25, -0.2) is 4.39 Å². The molecule has 2 N–H and O–H groups in total. The molecule has 0 aliphatic heterocycles. The molecule has 160 valence electrons. The van der Waals surface area contributed by atoms with Crippen molar-refractivity contribution in [1.29, 1.82) is 0 Å². The van der Waals surface area contributed by atoms with E-state index in [-0.39, 0.29) is 42.7 Å². The molecule has 0 atom stereocenters. The summed E-state index contributed by atoms with van der Waals surface area (Å²) in [6.07, 6.45) is 2.86. The third kappa shape index (κ3) is 7.86. The molecule has 0 spiro atoms. The largest absolute Gasteiger partial charge is 0.493 e. The van der Waals surface area contributed by atoms with Gasteiger partial charge in [0.25, 0.3) is 0 Å². The molecule has 2 rings (SSSR count). The lowest BCUT2D eigenvalue weighted by atomic mass is 10.1. The third-order valence-corrected chi connectivity index (χ3v) is 3.86. The number of carbonyl (C=O) groups excluding carboxylic acids is 2. The minimum atomic E-state index is -2.97. The topological polar surface area (TPSA) is 76.7 Å². The molecule has 2 amide bonds. The molecule has 0 saturated heterocycles. The van der Waals surface area contributed by atoms with Crippen molar-refractivity contribution in [2.45, 2.75) is 13.0 Å². The van der Waals surface area contributed by atoms with Crippen molar-refractivity contribution in [1.82, 2.24) is 10.6 Å². The first-order valence-corrected chi connectivity index (χ1v) is 8.97. The van der Waals surface area contributed by atoms with Crippen molar-refractivity contribution < 1.29 is 32.2 Å². The lowest BCUT2D eigenvalue weighted by Crippen LogP contribution is -2.34. The average Bonchev–Trinajstić information content (AvgIpc) is 2.71. The van der Waals surface area contributed by atoms with Gasteiger partial charge in [0.05, 0.1) is 13.5 Å². The minimum Gasteiger partial charge on any atom is -0.493 e. The van der Waals surface area contributed by atoms with Gasteiger partial charge >= 0.3 is 6.61 Å². The van der Waals surface area contributed by atoms with E-state index in [1.807, 2.05) is 0 Å². The van der Waals surface area contributed by atoms with Crippen LogP contribution in [0.15, 0.2) is 48.5 Å². The van der Waals surface area contributed by atoms with Crippen LogP contribution in [0.25, 0.3) is 6.08 Å². The Morgan fingerprint density at radius 3 is 2.40 bits per heavy atom. The summed E-state index contributed by atoms with van der Waals surface area (Å²) in [7, 11) is 1.32. The summed E-state index contributed by atoms with van der Waals surface area (Å²) in [5, 5.41) is 5.25. The normalized spacial score (nSPS) is 10.8. The molecular weight excluding hydrogens is 401 g/mol. The smallest absolute Gasteiger partial charge is 0.387 e. The van der Waals surface area contributed by atoms with Crippen molar-refractivity contribution in [3.63, 3.8) is 0 Å². The maximum atomic E-state index is 12.8. The molecule has 0 fully saturated rings. The number of halogens is 3. The van der Waals surface area contributed by atoms with Crippen molar-refractivity contribution >= 4 is 17.9 Å². The van der Waals surface area contributed by atoms with Crippen LogP contribution in [0.2, 0.25) is 0 Å². The van der Waals surface area contributed by atoms with E-state index in [0.717, 1.165) is 0 Å². The van der Waals surface area contributed by atoms with Crippen LogP contribution in [0.3, 0.4) is 0 Å². The van der Waals surface area contributed by atoms with Gasteiger partial charge < -0.3 is 20.1 Å². The Labute approximate surface area is 171 Å². The molecule has 0 unspecified atom stereocenters. The van der Waals surface area contributed by atoms with Gasteiger partial charge in [-0.15, -0.1) is 0 Å². The zero-order valence-electron chi connectivity index (χ0n) is 16.2. The quantitative estimate of drug-likeness (QED) is 0.456. The Balaban J connectivity index is 1.74. The highest BCUT2D eigenvalue weighted by atomic mass is 19.3. The predicted octanol–water partition coefficient (Wildman–Crippen LogP) is 2.92. The van der Waals surface area contributed by atoms with Crippen LogP contribution in [0.5, 0.6) is 11.5 Å². The summed E-state index contributed by atoms with van der Waals surface area (Å²) < 4.78 is 46.8. The molecule has 2 aromatic rings. The Hall–Kier alpha value is -3.49. The van der Waals surface area contributed by atoms with E-state index in [1.54, 1.807) is 0 Å². The monoisotopic (exact) mass is 422 g/mol. The molecule has 0 aliphatic rings. The third-order valence-electron chi connectivity index (χ3n) is 3.86. The van der Waals surface area contributed by atoms with Crippen LogP contribution in [0.1, 0.15) is 11.1 Å². The van der Waals surface area contributed by atoms with Gasteiger partial charge in [0.2, 0.25) is 11.8 Å². The Morgan fingerprint density at radius 2 is 1.73 bits per heavy atom. The first-order chi connectivity index (χ1) is 14.4. The number of carbonyl (C=O) groups is 2. The van der Waals surface area contributed by atoms with E-state index in [2.05, 4.69) is 15.4 Å². The van der Waals surface area contributed by atoms with Gasteiger partial charge in [0.15, 0.2) is 11.5 Å². The molecule has 0 heterocycles. The van der Waals surface area contributed by atoms with Gasteiger partial charge in [-0.2, -0.15) is 8.78 Å². The molecule has 0 radical (unpaired) electrons. The number of alkyl halides is 2. The standard InChI is InChI=1S/C21H21F3N2O4/c1-29-18-12-14(4-8-17(18)30-21(23)24)5-9-19(27)25-10-11-26-20(28)13-15-2-6-16(22)7-3-15/h2-9,12,21H,10-11,13H2,1H3,(H,25,27)(H,26,28)/b9-5+. The first kappa shape index (κ1) is 22.8. The van der Waals surface area contributed by atoms with Crippen molar-refractivity contribution in [3.8, 4) is 11.5 Å². The number of hydrogen-bond donors (Lipinski definition) is 2. The summed E-state index contributed by atoms with van der Waals surface area (Å²) in [5.41, 5.74) is 1.23. The summed E-state index contributed by atoms with van der Waals surface area (Å²) in [4.78, 5) is 23.7. The first-order valence-electron chi connectivity index (χ1n) is 8.97. The van der Waals surface area contributed by atoms with Crippen LogP contribution in [-0.4, -0.2) is 38.6 Å². The molecule has 6 nitrogen and oxygen atoms in total. The minimum absolute atomic E-state index is 0.106. The van der Waals surface area contributed by atoms with Crippen molar-refractivity contribution in [2.75, 3.05) is 20.2 Å². The fourth-order valence-electron chi connectivity index (χ4n) is 2.45. The maximum Gasteiger partial charge on any atom is 0.387 e. The van der Waals surface area contributed by atoms with Crippen molar-refractivity contribution in [3.05, 3.63) is 65.5 Å². The summed E-state index contributed by atoms with van der Waals surface area (Å²) >= 11 is 0. The van der Waals surface area contributed by atoms with Gasteiger partial charge in [-0.1, -0.05) is 18.2 Å². The van der Waals surface area contributed by atoms with E-state index < -0.39 is 12.5 Å². The summed E-state index contributed by atoms with van der Waals surface area (Å²) in [6, 6.07) is 9.90. The van der Waals surface area contributed by atoms with E-state index in [0.29, 0.717) is 11.1 Å². The second-order valence-corrected chi connectivity index (χ2v) is 6.07. The van der Waals surface area contributed by atoms with E-state index in [9.17, 15) is 22.8 Å². The van der Waals surface area contributed by atoms with Gasteiger partial charge in [0.1, 0.15) is 5.82 Å². The SMILES string of the molecule is COc1cc(/C=C/C(=O)NCCNC(=O)Cc2ccc(F)cc2)ccc1OC(F)F. The van der Waals surface area contributed by atoms with E-state index in [4.69, 9.17) is 4.74 Å². The molecule has 9 heteroatoms. The van der Waals surface area contributed by atoms with Crippen molar-refractivity contribution in [2.24, 2.45) is 0 Å². The van der Waals surface area contributed by atoms with Crippen LogP contribution in [0, 0.1) is 5.82 Å². The number of hydrogen-bond acceptors (Lipinski definition) is 4. The second kappa shape index (κ2) is 11.5. The number of rotatable bonds is 10. The lowest BCUT2D eigenvalue weighted by Gasteiger charge is -2.10. The molecule has 0 aliphatic carbocycles. The summed E-state index contributed by atoms with van der Waals surface area (Å²) in [6.45, 7) is -2.53. The fourth-order valence-corrected chi connectivity index (χ4v) is 2.45. The molecule has 30 heavy (non-hydrogen) atoms. The van der Waals surface area contributed by atoms with Crippen LogP contribution in [-0.2, 0) is 16.0 Å². The second-order valence-electron chi connectivity index (χ2n) is 6.07. The zero-order valence-corrected chi connectivity index (χ0v) is 16.2. The van der Waals surface area contributed by atoms with E-state index >= 15 is 0 Å². The highest BCUT2D eigenvalue weighted by Gasteiger charge is 2.10. The number of amides is 2. The van der Waals surface area contributed by atoms with Gasteiger partial charge in [0, 0.05) is 19.2 Å². The fraction of sp³-hybridized carbons (Fsp3) is 0.238. The Morgan fingerprint density at radius 1 is 1.03 bits per heavy atom. The number of nitrogens with one attached hydrogen (secondary N) is 2. The molecule has 0 aromatic heterocycles. The lowest BCUT2D eigenvalue weighted by molar-refractivity contribution is -0.121. The highest BCUT2D eigenvalue weighted by molar-refractivity contribution is 5.91. The van der Waals surface area contributed by atoms with Crippen LogP contribution >= 0.6 is 0 Å². The molecule has 0 saturated carbocycles. The maximum absolute atomic E-state index is 12.8. The average molecular weight is 422 g/mol. The Bertz CT molecular complexity index is 886. The Kier molecular flexibility index (Phi) is 8.74. The van der Waals surface area contributed by atoms with Crippen LogP contribution in [0.4, 0.5) is 13.2 Å². The molecule has 0 bridgehead atoms. The van der Waals surface area contributed by atoms with E-state index in [1.165, 1.54) is 61.7 Å². The zero-order chi connectivity index (χ0) is 21.9. The molecular formula is C21H21F3N2O4. The van der Waals surface area contributed by atoms with Gasteiger partial charge in [-0.05, 0) is 41.5 Å². The summed E-state index contributed by atoms with van der Waals surface area (Å²) in [5.74, 6) is -1.00. The number of ether oxygens (including phenoxy) is 2. The van der Waals surface area contributed by atoms with Crippen LogP contribution < -0.4 is 20.1 Å². The predicted molar refractivity (Wildman–Crippen MR) is 105 cm³/mol. The highest BCUT2D eigenvalue weighted by Crippen LogP contribution is 2.29. The number of methoxy groups -OCH3 is 1. The molecule has 2 aromatic carbocycles. The number of benzene rings is 2.